The normalized spacial score (nSPS) is 16.3. The van der Waals surface area contributed by atoms with Gasteiger partial charge < -0.3 is 10.2 Å². The van der Waals surface area contributed by atoms with Crippen LogP contribution in [0.25, 0.3) is 0 Å². The van der Waals surface area contributed by atoms with Gasteiger partial charge in [-0.15, -0.1) is 0 Å². The van der Waals surface area contributed by atoms with Crippen LogP contribution in [0.15, 0.2) is 83.3 Å². The summed E-state index contributed by atoms with van der Waals surface area (Å²) >= 11 is 3.52. The molecule has 1 atom stereocenters. The van der Waals surface area contributed by atoms with Crippen molar-refractivity contribution in [1.29, 1.82) is 0 Å². The average molecular weight is 421 g/mol. The fourth-order valence-corrected chi connectivity index (χ4v) is 3.79. The van der Waals surface area contributed by atoms with Crippen LogP contribution in [0.3, 0.4) is 0 Å². The summed E-state index contributed by atoms with van der Waals surface area (Å²) in [5.74, 6) is -0.381. The second-order valence-corrected chi connectivity index (χ2v) is 7.31. The van der Waals surface area contributed by atoms with E-state index >= 15 is 0 Å². The Morgan fingerprint density at radius 3 is 2.33 bits per heavy atom. The molecule has 134 valence electrons. The molecule has 0 saturated carbocycles. The van der Waals surface area contributed by atoms with Crippen molar-refractivity contribution in [3.8, 4) is 0 Å². The average Bonchev–Trinajstić information content (AvgIpc) is 2.84. The Morgan fingerprint density at radius 2 is 1.63 bits per heavy atom. The number of rotatable bonds is 2. The zero-order valence-electron chi connectivity index (χ0n) is 14.4. The highest BCUT2D eigenvalue weighted by Gasteiger charge is 2.33. The van der Waals surface area contributed by atoms with Crippen molar-refractivity contribution in [3.63, 3.8) is 0 Å². The highest BCUT2D eigenvalue weighted by Crippen LogP contribution is 2.37. The van der Waals surface area contributed by atoms with E-state index in [0.29, 0.717) is 5.56 Å². The van der Waals surface area contributed by atoms with E-state index in [-0.39, 0.29) is 24.4 Å². The molecule has 0 spiro atoms. The van der Waals surface area contributed by atoms with Crippen LogP contribution in [0.4, 0.5) is 5.69 Å². The number of carbonyl (C=O) groups excluding carboxylic acids is 2. The molecule has 0 saturated heterocycles. The van der Waals surface area contributed by atoms with Crippen molar-refractivity contribution < 1.29 is 9.59 Å². The van der Waals surface area contributed by atoms with E-state index in [1.165, 1.54) is 0 Å². The van der Waals surface area contributed by atoms with E-state index in [9.17, 15) is 9.59 Å². The number of hydrogen-bond acceptors (Lipinski definition) is 2. The smallest absolute Gasteiger partial charge is 0.255 e. The van der Waals surface area contributed by atoms with Gasteiger partial charge in [0.25, 0.3) is 5.91 Å². The van der Waals surface area contributed by atoms with Crippen LogP contribution in [0.5, 0.6) is 0 Å². The van der Waals surface area contributed by atoms with Gasteiger partial charge in [0, 0.05) is 21.3 Å². The summed E-state index contributed by atoms with van der Waals surface area (Å²) in [4.78, 5) is 27.5. The topological polar surface area (TPSA) is 49.4 Å². The van der Waals surface area contributed by atoms with Gasteiger partial charge in [0.15, 0.2) is 0 Å². The van der Waals surface area contributed by atoms with Crippen LogP contribution < -0.4 is 5.32 Å². The lowest BCUT2D eigenvalue weighted by molar-refractivity contribution is -0.117. The number of carbonyl (C=O) groups is 2. The third-order valence-corrected chi connectivity index (χ3v) is 5.10. The van der Waals surface area contributed by atoms with Gasteiger partial charge in [-0.05, 0) is 35.9 Å². The van der Waals surface area contributed by atoms with Gasteiger partial charge in [-0.2, -0.15) is 0 Å². The monoisotopic (exact) mass is 420 g/mol. The molecule has 1 aliphatic rings. The predicted octanol–water partition coefficient (Wildman–Crippen LogP) is 4.63. The predicted molar refractivity (Wildman–Crippen MR) is 109 cm³/mol. The first kappa shape index (κ1) is 17.5. The van der Waals surface area contributed by atoms with Crippen molar-refractivity contribution in [2.24, 2.45) is 0 Å². The number of anilines is 1. The summed E-state index contributed by atoms with van der Waals surface area (Å²) in [7, 11) is 0. The van der Waals surface area contributed by atoms with Crippen molar-refractivity contribution >= 4 is 33.4 Å². The fraction of sp³-hybridized carbons (Fsp3) is 0.0909. The summed E-state index contributed by atoms with van der Waals surface area (Å²) in [5.41, 5.74) is 3.12. The Balaban J connectivity index is 1.90. The number of benzene rings is 3. The molecule has 4 rings (SSSR count). The first-order valence-electron chi connectivity index (χ1n) is 8.64. The molecule has 1 unspecified atom stereocenters. The number of fused-ring (bicyclic) bond motifs is 1. The molecule has 1 aliphatic heterocycles. The third-order valence-electron chi connectivity index (χ3n) is 4.60. The number of nitrogens with zero attached hydrogens (tertiary/aromatic N) is 1. The maximum Gasteiger partial charge on any atom is 0.255 e. The molecule has 0 fully saturated rings. The van der Waals surface area contributed by atoms with Crippen LogP contribution in [0.2, 0.25) is 0 Å². The minimum absolute atomic E-state index is 0.0143. The molecule has 0 radical (unpaired) electrons. The van der Waals surface area contributed by atoms with E-state index in [1.807, 2.05) is 66.7 Å². The van der Waals surface area contributed by atoms with Crippen LogP contribution >= 0.6 is 15.9 Å². The first-order chi connectivity index (χ1) is 13.1. The highest BCUT2D eigenvalue weighted by atomic mass is 79.9. The Labute approximate surface area is 165 Å². The number of amides is 2. The Bertz CT molecular complexity index is 990. The van der Waals surface area contributed by atoms with Gasteiger partial charge in [-0.1, -0.05) is 64.5 Å². The van der Waals surface area contributed by atoms with Gasteiger partial charge in [0.1, 0.15) is 6.54 Å². The van der Waals surface area contributed by atoms with E-state index in [4.69, 9.17) is 0 Å². The SMILES string of the molecule is O=C1CN(C(=O)c2ccccc2)C(c2ccccc2)c2cc(Br)ccc2N1. The minimum Gasteiger partial charge on any atom is -0.324 e. The largest absolute Gasteiger partial charge is 0.324 e. The molecule has 0 aromatic heterocycles. The molecule has 0 aliphatic carbocycles. The zero-order chi connectivity index (χ0) is 18.8. The Kier molecular flexibility index (Phi) is 4.77. The van der Waals surface area contributed by atoms with E-state index < -0.39 is 0 Å². The second-order valence-electron chi connectivity index (χ2n) is 6.39. The van der Waals surface area contributed by atoms with E-state index in [1.54, 1.807) is 17.0 Å². The summed E-state index contributed by atoms with van der Waals surface area (Å²) in [5, 5.41) is 2.93. The zero-order valence-corrected chi connectivity index (χ0v) is 16.0. The molecule has 2 amide bonds. The standard InChI is InChI=1S/C22H17BrN2O2/c23-17-11-12-19-18(13-17)21(15-7-3-1-4-8-15)25(14-20(26)24-19)22(27)16-9-5-2-6-10-16/h1-13,21H,14H2,(H,24,26). The molecular weight excluding hydrogens is 404 g/mol. The lowest BCUT2D eigenvalue weighted by atomic mass is 9.95. The minimum atomic E-state index is -0.370. The molecule has 1 heterocycles. The van der Waals surface area contributed by atoms with Crippen LogP contribution in [-0.2, 0) is 4.79 Å². The molecule has 0 bridgehead atoms. The first-order valence-corrected chi connectivity index (χ1v) is 9.43. The van der Waals surface area contributed by atoms with Gasteiger partial charge in [-0.25, -0.2) is 0 Å². The van der Waals surface area contributed by atoms with Crippen molar-refractivity contribution in [3.05, 3.63) is 100 Å². The van der Waals surface area contributed by atoms with E-state index in [2.05, 4.69) is 21.2 Å². The van der Waals surface area contributed by atoms with Gasteiger partial charge >= 0.3 is 0 Å². The van der Waals surface area contributed by atoms with Gasteiger partial charge in [-0.3, -0.25) is 9.59 Å². The number of nitrogens with one attached hydrogen (secondary N) is 1. The van der Waals surface area contributed by atoms with Crippen LogP contribution in [-0.4, -0.2) is 23.3 Å². The highest BCUT2D eigenvalue weighted by molar-refractivity contribution is 9.10. The number of hydrogen-bond donors (Lipinski definition) is 1. The van der Waals surface area contributed by atoms with Crippen molar-refractivity contribution in [2.75, 3.05) is 11.9 Å². The molecule has 1 N–H and O–H groups in total. The van der Waals surface area contributed by atoms with Crippen LogP contribution in [0.1, 0.15) is 27.5 Å². The quantitative estimate of drug-likeness (QED) is 0.656. The Morgan fingerprint density at radius 1 is 0.963 bits per heavy atom. The summed E-state index contributed by atoms with van der Waals surface area (Å²) < 4.78 is 0.894. The molecule has 3 aromatic rings. The molecule has 5 heteroatoms. The molecule has 4 nitrogen and oxygen atoms in total. The van der Waals surface area contributed by atoms with Crippen LogP contribution in [0, 0.1) is 0 Å². The lowest BCUT2D eigenvalue weighted by Crippen LogP contribution is -2.38. The molecule has 27 heavy (non-hydrogen) atoms. The molecular formula is C22H17BrN2O2. The summed E-state index contributed by atoms with van der Waals surface area (Å²) in [6, 6.07) is 24.2. The maximum absolute atomic E-state index is 13.3. The number of halogens is 1. The third kappa shape index (κ3) is 3.51. The lowest BCUT2D eigenvalue weighted by Gasteiger charge is -2.30. The second kappa shape index (κ2) is 7.37. The Hall–Kier alpha value is -2.92. The maximum atomic E-state index is 13.3. The van der Waals surface area contributed by atoms with Crippen molar-refractivity contribution in [1.82, 2.24) is 4.90 Å². The van der Waals surface area contributed by atoms with Crippen molar-refractivity contribution in [2.45, 2.75) is 6.04 Å². The van der Waals surface area contributed by atoms with Gasteiger partial charge in [0.05, 0.1) is 6.04 Å². The summed E-state index contributed by atoms with van der Waals surface area (Å²) in [6.07, 6.45) is 0. The van der Waals surface area contributed by atoms with Gasteiger partial charge in [0.2, 0.25) is 5.91 Å². The molecule has 3 aromatic carbocycles. The summed E-state index contributed by atoms with van der Waals surface area (Å²) in [6.45, 7) is -0.0143. The van der Waals surface area contributed by atoms with E-state index in [0.717, 1.165) is 21.3 Å². The fourth-order valence-electron chi connectivity index (χ4n) is 3.41.